The van der Waals surface area contributed by atoms with Gasteiger partial charge in [0.2, 0.25) is 10.7 Å². The topological polar surface area (TPSA) is 163 Å². The number of methoxy groups -OCH3 is 3. The van der Waals surface area contributed by atoms with Crippen molar-refractivity contribution in [2.75, 3.05) is 21.3 Å². The minimum atomic E-state index is -1.45. The van der Waals surface area contributed by atoms with Gasteiger partial charge in [0.25, 0.3) is 0 Å². The van der Waals surface area contributed by atoms with Crippen LogP contribution in [-0.2, 0) is 18.4 Å². The van der Waals surface area contributed by atoms with Gasteiger partial charge in [0, 0.05) is 18.2 Å². The zero-order valence-electron chi connectivity index (χ0n) is 30.2. The first-order valence-corrected chi connectivity index (χ1v) is 17.4. The summed E-state index contributed by atoms with van der Waals surface area (Å²) in [7, 11) is 4.72. The maximum absolute atomic E-state index is 14.7. The Balaban J connectivity index is 1.26. The molecule has 1 aliphatic carbocycles. The van der Waals surface area contributed by atoms with Crippen LogP contribution >= 0.6 is 12.2 Å². The van der Waals surface area contributed by atoms with Crippen LogP contribution in [0.5, 0.6) is 40.4 Å². The third-order valence-corrected chi connectivity index (χ3v) is 10.6. The van der Waals surface area contributed by atoms with Crippen molar-refractivity contribution in [3.63, 3.8) is 0 Å². The number of aromatic nitrogens is 5. The molecule has 3 aromatic carbocycles. The molecular weight excluding hydrogens is 711 g/mol. The number of carbonyl (C=O) groups is 1. The van der Waals surface area contributed by atoms with Crippen LogP contribution in [0.3, 0.4) is 0 Å². The summed E-state index contributed by atoms with van der Waals surface area (Å²) in [5, 5.41) is 39.2. The van der Waals surface area contributed by atoms with E-state index in [4.69, 9.17) is 41.2 Å². The van der Waals surface area contributed by atoms with Crippen LogP contribution in [0.25, 0.3) is 34.1 Å². The normalized spacial score (nSPS) is 15.7. The molecule has 0 amide bonds. The Hall–Kier alpha value is -6.41. The number of allylic oxidation sites excluding steroid dienone is 1. The second-order valence-electron chi connectivity index (χ2n) is 13.3. The number of benzene rings is 3. The molecule has 1 aliphatic heterocycles. The fraction of sp³-hybridized carbons (Fsp3) is 0.225. The molecule has 0 radical (unpaired) electrons. The quantitative estimate of drug-likeness (QED) is 0.138. The first-order valence-electron chi connectivity index (χ1n) is 17.0. The van der Waals surface area contributed by atoms with E-state index in [0.29, 0.717) is 63.9 Å². The van der Waals surface area contributed by atoms with E-state index in [9.17, 15) is 20.1 Å². The summed E-state index contributed by atoms with van der Waals surface area (Å²) in [4.78, 5) is 23.8. The lowest BCUT2D eigenvalue weighted by atomic mass is 9.71. The van der Waals surface area contributed by atoms with Crippen molar-refractivity contribution in [2.45, 2.75) is 39.2 Å². The molecule has 3 N–H and O–H groups in total. The van der Waals surface area contributed by atoms with E-state index in [1.54, 1.807) is 81.7 Å². The van der Waals surface area contributed by atoms with Gasteiger partial charge in [0.1, 0.15) is 39.8 Å². The average molecular weight is 746 g/mol. The number of nitrogens with zero attached hydrogens (tertiary/aromatic N) is 5. The lowest BCUT2D eigenvalue weighted by molar-refractivity contribution is 0.0905. The van der Waals surface area contributed by atoms with Crippen molar-refractivity contribution in [1.29, 1.82) is 0 Å². The summed E-state index contributed by atoms with van der Waals surface area (Å²) in [5.74, 6) is 1.04. The molecular formula is C40H35N5O8S. The molecule has 13 nitrogen and oxygen atoms in total. The molecule has 0 fully saturated rings. The number of Topliss-reactive ketones (excluding diaryl/α,β-unsaturated/α-hetero) is 1. The second kappa shape index (κ2) is 12.6. The lowest BCUT2D eigenvalue weighted by Gasteiger charge is -2.27. The summed E-state index contributed by atoms with van der Waals surface area (Å²) in [6.07, 6.45) is 2.26. The molecule has 274 valence electrons. The standard InChI is InChI=1S/C40H35N5O8S/c1-19-33(46)31(25-13-12-24-37(41-25)44(39(54)42-38(24)49)16-15-21-7-14-27(51-5)28(17-21)52-6)35-32(34(19)47)40(3)29(53-35)18-26-30(36(40)48)20(2)43-45(26)22-8-10-23(50-4)11-9-22/h7-14,17-18,46-47H,15-16H2,1-6H3,(H,42,49,54)/t40-/m0/s1. The van der Waals surface area contributed by atoms with E-state index in [2.05, 4.69) is 4.98 Å². The van der Waals surface area contributed by atoms with Crippen molar-refractivity contribution < 1.29 is 39.1 Å². The van der Waals surface area contributed by atoms with Gasteiger partial charge in [-0.1, -0.05) is 6.07 Å². The number of fused-ring (bicyclic) bond motifs is 5. The van der Waals surface area contributed by atoms with Gasteiger partial charge in [-0.15, -0.1) is 0 Å². The number of phenols is 2. The van der Waals surface area contributed by atoms with Gasteiger partial charge < -0.3 is 38.8 Å². The van der Waals surface area contributed by atoms with Crippen LogP contribution in [0.2, 0.25) is 0 Å². The third-order valence-electron chi connectivity index (χ3n) is 10.3. The molecule has 2 aliphatic rings. The maximum Gasteiger partial charge on any atom is 0.224 e. The van der Waals surface area contributed by atoms with Gasteiger partial charge >= 0.3 is 0 Å². The third kappa shape index (κ3) is 5.00. The van der Waals surface area contributed by atoms with Crippen molar-refractivity contribution in [3.05, 3.63) is 98.8 Å². The molecule has 0 unspecified atom stereocenters. The monoisotopic (exact) mass is 745 g/mol. The molecule has 0 saturated heterocycles. The lowest BCUT2D eigenvalue weighted by Crippen LogP contribution is -2.36. The minimum Gasteiger partial charge on any atom is -0.507 e. The summed E-state index contributed by atoms with van der Waals surface area (Å²) in [6, 6.07) is 16.1. The predicted octanol–water partition coefficient (Wildman–Crippen LogP) is 6.90. The van der Waals surface area contributed by atoms with Gasteiger partial charge in [-0.3, -0.25) is 4.79 Å². The highest BCUT2D eigenvalue weighted by molar-refractivity contribution is 7.71. The molecule has 4 heterocycles. The Morgan fingerprint density at radius 3 is 2.33 bits per heavy atom. The molecule has 1 atom stereocenters. The minimum absolute atomic E-state index is 0.0880. The van der Waals surface area contributed by atoms with Crippen LogP contribution < -0.4 is 18.9 Å². The summed E-state index contributed by atoms with van der Waals surface area (Å²) in [5.41, 5.74) is 2.68. The summed E-state index contributed by atoms with van der Waals surface area (Å²) >= 11 is 5.61. The highest BCUT2D eigenvalue weighted by Gasteiger charge is 2.55. The number of hydrogen-bond acceptors (Lipinski definition) is 12. The number of pyridine rings is 1. The fourth-order valence-corrected chi connectivity index (χ4v) is 7.63. The van der Waals surface area contributed by atoms with Crippen LogP contribution in [0.4, 0.5) is 0 Å². The first-order chi connectivity index (χ1) is 25.9. The van der Waals surface area contributed by atoms with Gasteiger partial charge in [-0.25, -0.2) is 9.67 Å². The van der Waals surface area contributed by atoms with Gasteiger partial charge in [-0.05, 0) is 93.5 Å². The fourth-order valence-electron chi connectivity index (χ4n) is 7.37. The van der Waals surface area contributed by atoms with Crippen molar-refractivity contribution in [1.82, 2.24) is 24.3 Å². The van der Waals surface area contributed by atoms with Crippen LogP contribution in [-0.4, -0.2) is 66.7 Å². The van der Waals surface area contributed by atoms with Gasteiger partial charge in [0.15, 0.2) is 17.3 Å². The zero-order chi connectivity index (χ0) is 38.2. The Kier molecular flexibility index (Phi) is 8.10. The van der Waals surface area contributed by atoms with Crippen LogP contribution in [0, 0.1) is 18.6 Å². The molecule has 0 spiro atoms. The number of phenolic OH excluding ortho intramolecular Hbond substituents is 2. The molecule has 0 saturated carbocycles. The number of hydrogen-bond donors (Lipinski definition) is 3. The Bertz CT molecular complexity index is 2670. The Morgan fingerprint density at radius 1 is 0.889 bits per heavy atom. The van der Waals surface area contributed by atoms with Gasteiger partial charge in [0.05, 0.1) is 66.2 Å². The highest BCUT2D eigenvalue weighted by Crippen LogP contribution is 2.60. The van der Waals surface area contributed by atoms with E-state index >= 15 is 0 Å². The summed E-state index contributed by atoms with van der Waals surface area (Å²) in [6.45, 7) is 5.36. The van der Waals surface area contributed by atoms with E-state index < -0.39 is 5.41 Å². The van der Waals surface area contributed by atoms with E-state index in [0.717, 1.165) is 5.56 Å². The summed E-state index contributed by atoms with van der Waals surface area (Å²) < 4.78 is 26.2. The number of carbonyl (C=O) groups excluding carboxylic acids is 1. The largest absolute Gasteiger partial charge is 0.507 e. The maximum atomic E-state index is 14.7. The number of aryl methyl sites for hydroxylation is 3. The van der Waals surface area contributed by atoms with E-state index in [1.165, 1.54) is 0 Å². The van der Waals surface area contributed by atoms with Crippen LogP contribution in [0.1, 0.15) is 45.4 Å². The highest BCUT2D eigenvalue weighted by atomic mass is 32.1. The number of rotatable bonds is 8. The SMILES string of the molecule is COc1ccc(-n2nc(C)c3c2C=C2Oc4c(-c5ccc6c(O)nc(=S)n(CCc7ccc(OC)c(OC)c7)c6n5)c(O)c(C)c(O)c4[C@@]2(C)C3=O)cc1. The predicted molar refractivity (Wildman–Crippen MR) is 202 cm³/mol. The Labute approximate surface area is 314 Å². The number of ketones is 1. The van der Waals surface area contributed by atoms with Crippen molar-refractivity contribution in [2.24, 2.45) is 0 Å². The average Bonchev–Trinajstić information content (AvgIpc) is 3.67. The van der Waals surface area contributed by atoms with Gasteiger partial charge in [-0.2, -0.15) is 10.1 Å². The smallest absolute Gasteiger partial charge is 0.224 e. The molecule has 6 aromatic rings. The van der Waals surface area contributed by atoms with Crippen LogP contribution in [0.15, 0.2) is 60.4 Å². The van der Waals surface area contributed by atoms with Crippen molar-refractivity contribution in [3.8, 4) is 57.3 Å². The number of aromatic hydroxyl groups is 3. The first kappa shape index (κ1) is 34.7. The van der Waals surface area contributed by atoms with E-state index in [-0.39, 0.29) is 61.8 Å². The van der Waals surface area contributed by atoms with Crippen molar-refractivity contribution >= 4 is 35.1 Å². The number of ether oxygens (including phenoxy) is 4. The molecule has 14 heteroatoms. The molecule has 3 aromatic heterocycles. The second-order valence-corrected chi connectivity index (χ2v) is 13.7. The Morgan fingerprint density at radius 2 is 1.63 bits per heavy atom. The molecule has 0 bridgehead atoms. The molecule has 54 heavy (non-hydrogen) atoms. The zero-order valence-corrected chi connectivity index (χ0v) is 31.0. The molecule has 8 rings (SSSR count). The van der Waals surface area contributed by atoms with E-state index in [1.807, 2.05) is 30.3 Å².